The predicted octanol–water partition coefficient (Wildman–Crippen LogP) is 3.95. The first kappa shape index (κ1) is 14.1. The van der Waals surface area contributed by atoms with Crippen molar-refractivity contribution in [1.82, 2.24) is 5.32 Å². The maximum atomic E-state index is 13.6. The zero-order chi connectivity index (χ0) is 15.8. The van der Waals surface area contributed by atoms with Gasteiger partial charge < -0.3 is 16.0 Å². The summed E-state index contributed by atoms with van der Waals surface area (Å²) in [7, 11) is 0. The van der Waals surface area contributed by atoms with Crippen LogP contribution in [0.2, 0.25) is 0 Å². The van der Waals surface area contributed by atoms with Crippen LogP contribution in [-0.4, -0.2) is 6.03 Å². The van der Waals surface area contributed by atoms with Gasteiger partial charge in [0.1, 0.15) is 5.82 Å². The number of halogens is 1. The maximum absolute atomic E-state index is 13.6. The second-order valence-electron chi connectivity index (χ2n) is 6.11. The molecule has 0 radical (unpaired) electrons. The predicted molar refractivity (Wildman–Crippen MR) is 88.0 cm³/mol. The Balaban J connectivity index is 1.61. The van der Waals surface area contributed by atoms with E-state index in [-0.39, 0.29) is 17.9 Å². The largest absolute Gasteiger partial charge is 0.378 e. The van der Waals surface area contributed by atoms with Crippen LogP contribution in [0.1, 0.15) is 35.6 Å². The summed E-state index contributed by atoms with van der Waals surface area (Å²) in [6.45, 7) is 0.541. The van der Waals surface area contributed by atoms with E-state index in [9.17, 15) is 9.18 Å². The van der Waals surface area contributed by atoms with Crippen molar-refractivity contribution in [3.8, 4) is 0 Å². The summed E-state index contributed by atoms with van der Waals surface area (Å²) in [6.07, 6.45) is 3.06. The van der Waals surface area contributed by atoms with Gasteiger partial charge in [0.15, 0.2) is 0 Å². The highest BCUT2D eigenvalue weighted by atomic mass is 19.1. The van der Waals surface area contributed by atoms with Gasteiger partial charge in [-0.3, -0.25) is 0 Å². The highest BCUT2D eigenvalue weighted by molar-refractivity contribution is 5.92. The van der Waals surface area contributed by atoms with Gasteiger partial charge in [-0.15, -0.1) is 0 Å². The van der Waals surface area contributed by atoms with Crippen LogP contribution in [0.25, 0.3) is 0 Å². The first-order chi connectivity index (χ1) is 11.2. The SMILES string of the molecule is O=C1NCc2ccc(NC3CCCc4ccc(F)cc43)cc2N1. The van der Waals surface area contributed by atoms with Gasteiger partial charge in [-0.2, -0.15) is 0 Å². The van der Waals surface area contributed by atoms with Crippen molar-refractivity contribution < 1.29 is 9.18 Å². The van der Waals surface area contributed by atoms with Crippen molar-refractivity contribution in [3.63, 3.8) is 0 Å². The standard InChI is InChI=1S/C18H18FN3O/c19-13-6-4-11-2-1-3-16(15(11)8-13)21-14-7-5-12-10-20-18(23)22-17(12)9-14/h4-9,16,21H,1-3,10H2,(H2,20,22,23). The fourth-order valence-electron chi connectivity index (χ4n) is 3.40. The maximum Gasteiger partial charge on any atom is 0.319 e. The number of carbonyl (C=O) groups is 1. The smallest absolute Gasteiger partial charge is 0.319 e. The number of aryl methyl sites for hydroxylation is 1. The van der Waals surface area contributed by atoms with E-state index in [1.165, 1.54) is 11.6 Å². The van der Waals surface area contributed by atoms with Crippen LogP contribution in [0.4, 0.5) is 20.6 Å². The summed E-state index contributed by atoms with van der Waals surface area (Å²) in [5.74, 6) is -0.193. The monoisotopic (exact) mass is 311 g/mol. The molecule has 4 rings (SSSR count). The van der Waals surface area contributed by atoms with Crippen LogP contribution in [0.15, 0.2) is 36.4 Å². The van der Waals surface area contributed by atoms with E-state index >= 15 is 0 Å². The Morgan fingerprint density at radius 2 is 2.00 bits per heavy atom. The van der Waals surface area contributed by atoms with Gasteiger partial charge >= 0.3 is 6.03 Å². The van der Waals surface area contributed by atoms with Crippen LogP contribution in [0.3, 0.4) is 0 Å². The molecule has 1 heterocycles. The number of fused-ring (bicyclic) bond motifs is 2. The lowest BCUT2D eigenvalue weighted by molar-refractivity contribution is 0.251. The molecule has 2 aliphatic rings. The quantitative estimate of drug-likeness (QED) is 0.786. The molecule has 1 unspecified atom stereocenters. The Hall–Kier alpha value is -2.56. The van der Waals surface area contributed by atoms with Gasteiger partial charge in [-0.05, 0) is 60.2 Å². The molecule has 0 saturated carbocycles. The lowest BCUT2D eigenvalue weighted by Crippen LogP contribution is -2.33. The lowest BCUT2D eigenvalue weighted by Gasteiger charge is -2.28. The van der Waals surface area contributed by atoms with Gasteiger partial charge in [-0.25, -0.2) is 9.18 Å². The van der Waals surface area contributed by atoms with Crippen molar-refractivity contribution in [2.45, 2.75) is 31.8 Å². The van der Waals surface area contributed by atoms with E-state index in [1.807, 2.05) is 24.3 Å². The number of hydrogen-bond acceptors (Lipinski definition) is 2. The Labute approximate surface area is 134 Å². The van der Waals surface area contributed by atoms with Crippen molar-refractivity contribution in [3.05, 3.63) is 58.9 Å². The average Bonchev–Trinajstić information content (AvgIpc) is 2.55. The third-order valence-electron chi connectivity index (χ3n) is 4.56. The van der Waals surface area contributed by atoms with Crippen molar-refractivity contribution in [2.75, 3.05) is 10.6 Å². The average molecular weight is 311 g/mol. The number of anilines is 2. The van der Waals surface area contributed by atoms with E-state index in [2.05, 4.69) is 16.0 Å². The number of urea groups is 1. The second kappa shape index (κ2) is 5.57. The van der Waals surface area contributed by atoms with Crippen LogP contribution in [0, 0.1) is 5.82 Å². The summed E-state index contributed by atoms with van der Waals surface area (Å²) in [5.41, 5.74) is 5.08. The molecule has 3 N–H and O–H groups in total. The van der Waals surface area contributed by atoms with Crippen LogP contribution in [0.5, 0.6) is 0 Å². The Morgan fingerprint density at radius 3 is 2.91 bits per heavy atom. The molecule has 1 atom stereocenters. The topological polar surface area (TPSA) is 53.2 Å². The minimum Gasteiger partial charge on any atom is -0.378 e. The summed E-state index contributed by atoms with van der Waals surface area (Å²) >= 11 is 0. The molecule has 4 nitrogen and oxygen atoms in total. The number of benzene rings is 2. The van der Waals surface area contributed by atoms with Crippen LogP contribution >= 0.6 is 0 Å². The summed E-state index contributed by atoms with van der Waals surface area (Å²) in [4.78, 5) is 11.4. The molecule has 23 heavy (non-hydrogen) atoms. The minimum absolute atomic E-state index is 0.102. The van der Waals surface area contributed by atoms with E-state index in [1.54, 1.807) is 6.07 Å². The van der Waals surface area contributed by atoms with Gasteiger partial charge in [-0.1, -0.05) is 12.1 Å². The lowest BCUT2D eigenvalue weighted by atomic mass is 9.87. The van der Waals surface area contributed by atoms with Gasteiger partial charge in [0.2, 0.25) is 0 Å². The molecule has 1 aliphatic carbocycles. The molecule has 0 spiro atoms. The van der Waals surface area contributed by atoms with Crippen LogP contribution in [-0.2, 0) is 13.0 Å². The highest BCUT2D eigenvalue weighted by Crippen LogP contribution is 2.34. The van der Waals surface area contributed by atoms with Crippen molar-refractivity contribution in [2.24, 2.45) is 0 Å². The number of carbonyl (C=O) groups excluding carboxylic acids is 1. The van der Waals surface area contributed by atoms with E-state index in [0.717, 1.165) is 41.8 Å². The van der Waals surface area contributed by atoms with Crippen molar-refractivity contribution in [1.29, 1.82) is 0 Å². The summed E-state index contributed by atoms with van der Waals surface area (Å²) in [5, 5.41) is 9.05. The first-order valence-corrected chi connectivity index (χ1v) is 7.92. The first-order valence-electron chi connectivity index (χ1n) is 7.92. The minimum atomic E-state index is -0.193. The van der Waals surface area contributed by atoms with E-state index in [0.29, 0.717) is 6.54 Å². The molecule has 118 valence electrons. The second-order valence-corrected chi connectivity index (χ2v) is 6.11. The summed E-state index contributed by atoms with van der Waals surface area (Å²) in [6, 6.07) is 10.9. The Morgan fingerprint density at radius 1 is 1.13 bits per heavy atom. The third-order valence-corrected chi connectivity index (χ3v) is 4.56. The molecule has 0 saturated heterocycles. The number of rotatable bonds is 2. The van der Waals surface area contributed by atoms with Gasteiger partial charge in [0, 0.05) is 17.9 Å². The zero-order valence-corrected chi connectivity index (χ0v) is 12.7. The number of nitrogens with one attached hydrogen (secondary N) is 3. The Bertz CT molecular complexity index is 775. The number of amides is 2. The fraction of sp³-hybridized carbons (Fsp3) is 0.278. The molecule has 2 aromatic rings. The van der Waals surface area contributed by atoms with E-state index in [4.69, 9.17) is 0 Å². The normalized spacial score (nSPS) is 19.2. The van der Waals surface area contributed by atoms with Gasteiger partial charge in [0.25, 0.3) is 0 Å². The van der Waals surface area contributed by atoms with Crippen LogP contribution < -0.4 is 16.0 Å². The molecular weight excluding hydrogens is 293 g/mol. The fourth-order valence-corrected chi connectivity index (χ4v) is 3.40. The number of hydrogen-bond donors (Lipinski definition) is 3. The summed E-state index contributed by atoms with van der Waals surface area (Å²) < 4.78 is 13.6. The molecule has 2 aromatic carbocycles. The molecule has 0 bridgehead atoms. The highest BCUT2D eigenvalue weighted by Gasteiger charge is 2.21. The van der Waals surface area contributed by atoms with Gasteiger partial charge in [0.05, 0.1) is 6.04 Å². The van der Waals surface area contributed by atoms with Crippen molar-refractivity contribution >= 4 is 17.4 Å². The molecule has 0 aromatic heterocycles. The molecule has 0 fully saturated rings. The molecular formula is C18H18FN3O. The molecule has 5 heteroatoms. The molecule has 2 amide bonds. The molecule has 1 aliphatic heterocycles. The Kier molecular flexibility index (Phi) is 3.41. The zero-order valence-electron chi connectivity index (χ0n) is 12.7. The van der Waals surface area contributed by atoms with E-state index < -0.39 is 0 Å². The third kappa shape index (κ3) is 2.74.